The Labute approximate surface area is 106 Å². The highest BCUT2D eigenvalue weighted by atomic mass is 35.5. The third-order valence-corrected chi connectivity index (χ3v) is 3.97. The highest BCUT2D eigenvalue weighted by Gasteiger charge is 2.21. The molecule has 1 saturated heterocycles. The molecule has 1 rings (SSSR count). The van der Waals surface area contributed by atoms with Gasteiger partial charge in [0.05, 0.1) is 0 Å². The van der Waals surface area contributed by atoms with Gasteiger partial charge in [-0.15, -0.1) is 11.6 Å². The van der Waals surface area contributed by atoms with Gasteiger partial charge in [0.2, 0.25) is 0 Å². The van der Waals surface area contributed by atoms with Crippen LogP contribution >= 0.6 is 11.6 Å². The van der Waals surface area contributed by atoms with Crippen molar-refractivity contribution in [1.82, 2.24) is 9.80 Å². The van der Waals surface area contributed by atoms with E-state index in [0.29, 0.717) is 0 Å². The topological polar surface area (TPSA) is 6.48 Å². The van der Waals surface area contributed by atoms with Crippen LogP contribution in [-0.4, -0.2) is 55.5 Å². The minimum absolute atomic E-state index is 0.761. The van der Waals surface area contributed by atoms with E-state index < -0.39 is 0 Å². The second kappa shape index (κ2) is 7.52. The third kappa shape index (κ3) is 5.03. The average Bonchev–Trinajstić information content (AvgIpc) is 2.27. The second-order valence-electron chi connectivity index (χ2n) is 5.43. The number of hydrogen-bond donors (Lipinski definition) is 0. The van der Waals surface area contributed by atoms with Gasteiger partial charge in [-0.3, -0.25) is 0 Å². The lowest BCUT2D eigenvalue weighted by molar-refractivity contribution is 0.128. The molecule has 3 heteroatoms. The van der Waals surface area contributed by atoms with E-state index in [1.165, 1.54) is 38.9 Å². The molecule has 1 heterocycles. The van der Waals surface area contributed by atoms with Gasteiger partial charge in [-0.2, -0.15) is 0 Å². The van der Waals surface area contributed by atoms with Crippen molar-refractivity contribution in [3.05, 3.63) is 0 Å². The lowest BCUT2D eigenvalue weighted by atomic mass is 10.0. The molecule has 1 aliphatic rings. The first kappa shape index (κ1) is 14.3. The van der Waals surface area contributed by atoms with Crippen molar-refractivity contribution < 1.29 is 0 Å². The first-order chi connectivity index (χ1) is 7.63. The Balaban J connectivity index is 2.21. The molecule has 0 bridgehead atoms. The minimum atomic E-state index is 0.761. The maximum atomic E-state index is 5.76. The number of hydrogen-bond acceptors (Lipinski definition) is 2. The van der Waals surface area contributed by atoms with E-state index in [1.807, 2.05) is 0 Å². The predicted octanol–water partition coefficient (Wildman–Crippen LogP) is 2.67. The van der Waals surface area contributed by atoms with E-state index in [1.54, 1.807) is 0 Å². The van der Waals surface area contributed by atoms with E-state index in [9.17, 15) is 0 Å². The van der Waals surface area contributed by atoms with Gasteiger partial charge < -0.3 is 9.80 Å². The van der Waals surface area contributed by atoms with Crippen LogP contribution in [-0.2, 0) is 0 Å². The molecule has 0 N–H and O–H groups in total. The predicted molar refractivity (Wildman–Crippen MR) is 72.3 cm³/mol. The maximum Gasteiger partial charge on any atom is 0.0225 e. The lowest BCUT2D eigenvalue weighted by Gasteiger charge is -2.36. The molecule has 1 fully saturated rings. The molecule has 96 valence electrons. The van der Waals surface area contributed by atoms with E-state index in [0.717, 1.165) is 24.3 Å². The zero-order valence-corrected chi connectivity index (χ0v) is 11.8. The Hall–Kier alpha value is 0.210. The summed E-state index contributed by atoms with van der Waals surface area (Å²) < 4.78 is 0. The summed E-state index contributed by atoms with van der Waals surface area (Å²) in [6.07, 6.45) is 5.17. The third-order valence-electron chi connectivity index (χ3n) is 3.75. The first-order valence-electron chi connectivity index (χ1n) is 6.58. The summed E-state index contributed by atoms with van der Waals surface area (Å²) in [6, 6.07) is 0.761. The van der Waals surface area contributed by atoms with Gasteiger partial charge in [-0.05, 0) is 58.8 Å². The van der Waals surface area contributed by atoms with Crippen molar-refractivity contribution in [2.75, 3.05) is 39.6 Å². The fourth-order valence-corrected chi connectivity index (χ4v) is 2.76. The summed E-state index contributed by atoms with van der Waals surface area (Å²) in [4.78, 5) is 4.99. The summed E-state index contributed by atoms with van der Waals surface area (Å²) >= 11 is 5.76. The Kier molecular flexibility index (Phi) is 6.71. The molecule has 0 spiro atoms. The molecule has 0 aromatic rings. The molecule has 16 heavy (non-hydrogen) atoms. The van der Waals surface area contributed by atoms with Crippen LogP contribution in [0.5, 0.6) is 0 Å². The van der Waals surface area contributed by atoms with Gasteiger partial charge in [-0.1, -0.05) is 6.92 Å². The van der Waals surface area contributed by atoms with Crippen LogP contribution in [0.25, 0.3) is 0 Å². The van der Waals surface area contributed by atoms with Crippen LogP contribution in [0.3, 0.4) is 0 Å². The number of likely N-dealkylation sites (tertiary alicyclic amines) is 1. The quantitative estimate of drug-likeness (QED) is 0.665. The standard InChI is InChI=1S/C13H27ClN2/c1-12(6-8-14)7-10-16-9-4-5-13(11-16)15(2)3/h12-13H,4-11H2,1-3H3. The summed E-state index contributed by atoms with van der Waals surface area (Å²) in [5, 5.41) is 0. The monoisotopic (exact) mass is 246 g/mol. The van der Waals surface area contributed by atoms with Gasteiger partial charge in [0, 0.05) is 18.5 Å². The van der Waals surface area contributed by atoms with E-state index in [4.69, 9.17) is 11.6 Å². The molecule has 1 aliphatic heterocycles. The molecular weight excluding hydrogens is 220 g/mol. The molecule has 2 nitrogen and oxygen atoms in total. The summed E-state index contributed by atoms with van der Waals surface area (Å²) in [7, 11) is 4.40. The Morgan fingerprint density at radius 1 is 1.38 bits per heavy atom. The van der Waals surface area contributed by atoms with Crippen molar-refractivity contribution in [3.8, 4) is 0 Å². The minimum Gasteiger partial charge on any atom is -0.305 e. The Morgan fingerprint density at radius 2 is 2.12 bits per heavy atom. The smallest absolute Gasteiger partial charge is 0.0225 e. The van der Waals surface area contributed by atoms with Crippen LogP contribution in [0.1, 0.15) is 32.6 Å². The molecule has 0 saturated carbocycles. The molecular formula is C13H27ClN2. The molecule has 2 unspecified atom stereocenters. The van der Waals surface area contributed by atoms with Gasteiger partial charge >= 0.3 is 0 Å². The number of rotatable bonds is 6. The number of piperidine rings is 1. The zero-order valence-electron chi connectivity index (χ0n) is 11.1. The SMILES string of the molecule is CC(CCCl)CCN1CCCC(N(C)C)C1. The maximum absolute atomic E-state index is 5.76. The number of likely N-dealkylation sites (N-methyl/N-ethyl adjacent to an activating group) is 1. The molecule has 2 atom stereocenters. The Bertz CT molecular complexity index is 185. The molecule has 0 aromatic carbocycles. The fraction of sp³-hybridized carbons (Fsp3) is 1.00. The van der Waals surface area contributed by atoms with Gasteiger partial charge in [0.15, 0.2) is 0 Å². The van der Waals surface area contributed by atoms with Crippen LogP contribution < -0.4 is 0 Å². The largest absolute Gasteiger partial charge is 0.305 e. The number of nitrogens with zero attached hydrogens (tertiary/aromatic N) is 2. The Morgan fingerprint density at radius 3 is 2.75 bits per heavy atom. The highest BCUT2D eigenvalue weighted by molar-refractivity contribution is 6.17. The van der Waals surface area contributed by atoms with Crippen molar-refractivity contribution in [2.45, 2.75) is 38.6 Å². The van der Waals surface area contributed by atoms with Crippen molar-refractivity contribution in [1.29, 1.82) is 0 Å². The van der Waals surface area contributed by atoms with Crippen molar-refractivity contribution in [2.24, 2.45) is 5.92 Å². The van der Waals surface area contributed by atoms with Crippen LogP contribution in [0.2, 0.25) is 0 Å². The lowest BCUT2D eigenvalue weighted by Crippen LogP contribution is -2.45. The van der Waals surface area contributed by atoms with Crippen molar-refractivity contribution in [3.63, 3.8) is 0 Å². The molecule has 0 aliphatic carbocycles. The summed E-state index contributed by atoms with van der Waals surface area (Å²) in [5.74, 6) is 1.58. The van der Waals surface area contributed by atoms with Gasteiger partial charge in [-0.25, -0.2) is 0 Å². The van der Waals surface area contributed by atoms with Crippen LogP contribution in [0, 0.1) is 5.92 Å². The fourth-order valence-electron chi connectivity index (χ4n) is 2.39. The van der Waals surface area contributed by atoms with Gasteiger partial charge in [0.1, 0.15) is 0 Å². The van der Waals surface area contributed by atoms with Gasteiger partial charge in [0.25, 0.3) is 0 Å². The summed E-state index contributed by atoms with van der Waals surface area (Å²) in [5.41, 5.74) is 0. The molecule has 0 amide bonds. The van der Waals surface area contributed by atoms with E-state index in [2.05, 4.69) is 30.8 Å². The highest BCUT2D eigenvalue weighted by Crippen LogP contribution is 2.16. The van der Waals surface area contributed by atoms with Crippen LogP contribution in [0.4, 0.5) is 0 Å². The number of alkyl halides is 1. The van der Waals surface area contributed by atoms with Crippen molar-refractivity contribution >= 4 is 11.6 Å². The molecule has 0 aromatic heterocycles. The first-order valence-corrected chi connectivity index (χ1v) is 7.11. The summed E-state index contributed by atoms with van der Waals surface area (Å²) in [6.45, 7) is 6.11. The number of halogens is 1. The zero-order chi connectivity index (χ0) is 12.0. The molecule has 0 radical (unpaired) electrons. The van der Waals surface area contributed by atoms with E-state index in [-0.39, 0.29) is 0 Å². The normalized spacial score (nSPS) is 24.9. The van der Waals surface area contributed by atoms with E-state index >= 15 is 0 Å². The average molecular weight is 247 g/mol. The van der Waals surface area contributed by atoms with Crippen LogP contribution in [0.15, 0.2) is 0 Å². The second-order valence-corrected chi connectivity index (χ2v) is 5.81.